The standard InChI is InChI=1S/C13H12ClF3N4/c1-8(12-10(14)3-2-6-18-12)19-7-9-4-5-11(21-20-9)13(15,16)17/h2-6,8,19H,7H2,1H3. The Labute approximate surface area is 124 Å². The van der Waals surface area contributed by atoms with Crippen LogP contribution in [0.1, 0.15) is 30.0 Å². The smallest absolute Gasteiger partial charge is 0.303 e. The summed E-state index contributed by atoms with van der Waals surface area (Å²) in [6.07, 6.45) is -2.86. The fourth-order valence-electron chi connectivity index (χ4n) is 1.68. The maximum absolute atomic E-state index is 12.4. The zero-order chi connectivity index (χ0) is 15.5. The third-order valence-electron chi connectivity index (χ3n) is 2.80. The average molecular weight is 317 g/mol. The molecule has 2 heterocycles. The van der Waals surface area contributed by atoms with Gasteiger partial charge in [-0.1, -0.05) is 11.6 Å². The van der Waals surface area contributed by atoms with Crippen molar-refractivity contribution >= 4 is 11.6 Å². The van der Waals surface area contributed by atoms with Gasteiger partial charge >= 0.3 is 6.18 Å². The normalized spacial score (nSPS) is 13.2. The molecular formula is C13H12ClF3N4. The molecule has 0 bridgehead atoms. The monoisotopic (exact) mass is 316 g/mol. The van der Waals surface area contributed by atoms with Gasteiger partial charge in [0.05, 0.1) is 16.4 Å². The van der Waals surface area contributed by atoms with Crippen molar-refractivity contribution in [2.24, 2.45) is 0 Å². The first-order valence-corrected chi connectivity index (χ1v) is 6.49. The van der Waals surface area contributed by atoms with Crippen LogP contribution in [-0.4, -0.2) is 15.2 Å². The summed E-state index contributed by atoms with van der Waals surface area (Å²) in [7, 11) is 0. The highest BCUT2D eigenvalue weighted by atomic mass is 35.5. The van der Waals surface area contributed by atoms with E-state index in [-0.39, 0.29) is 12.6 Å². The molecule has 1 unspecified atom stereocenters. The number of hydrogen-bond acceptors (Lipinski definition) is 4. The van der Waals surface area contributed by atoms with Crippen LogP contribution in [-0.2, 0) is 12.7 Å². The summed E-state index contributed by atoms with van der Waals surface area (Å²) in [5.41, 5.74) is 0.0630. The molecule has 2 aromatic rings. The van der Waals surface area contributed by atoms with Gasteiger partial charge in [-0.2, -0.15) is 18.3 Å². The number of aromatic nitrogens is 3. The highest BCUT2D eigenvalue weighted by Crippen LogP contribution is 2.26. The molecule has 8 heteroatoms. The van der Waals surface area contributed by atoms with Gasteiger partial charge in [0.2, 0.25) is 0 Å². The second kappa shape index (κ2) is 6.36. The molecule has 0 radical (unpaired) electrons. The first-order valence-electron chi connectivity index (χ1n) is 6.11. The third-order valence-corrected chi connectivity index (χ3v) is 3.12. The minimum atomic E-state index is -4.48. The van der Waals surface area contributed by atoms with E-state index in [1.165, 1.54) is 6.07 Å². The first-order chi connectivity index (χ1) is 9.88. The highest BCUT2D eigenvalue weighted by molar-refractivity contribution is 6.31. The fraction of sp³-hybridized carbons (Fsp3) is 0.308. The largest absolute Gasteiger partial charge is 0.435 e. The Morgan fingerprint density at radius 2 is 2.00 bits per heavy atom. The second-order valence-electron chi connectivity index (χ2n) is 4.38. The molecule has 0 spiro atoms. The van der Waals surface area contributed by atoms with Crippen LogP contribution in [0.15, 0.2) is 30.5 Å². The maximum atomic E-state index is 12.4. The van der Waals surface area contributed by atoms with E-state index in [0.29, 0.717) is 16.4 Å². The summed E-state index contributed by atoms with van der Waals surface area (Å²) in [5, 5.41) is 10.3. The lowest BCUT2D eigenvalue weighted by Crippen LogP contribution is -2.20. The van der Waals surface area contributed by atoms with Crippen LogP contribution in [0.4, 0.5) is 13.2 Å². The summed E-state index contributed by atoms with van der Waals surface area (Å²) in [6, 6.07) is 5.47. The van der Waals surface area contributed by atoms with Crippen molar-refractivity contribution < 1.29 is 13.2 Å². The van der Waals surface area contributed by atoms with Gasteiger partial charge in [-0.25, -0.2) is 0 Å². The highest BCUT2D eigenvalue weighted by Gasteiger charge is 2.32. The van der Waals surface area contributed by atoms with E-state index in [9.17, 15) is 13.2 Å². The molecule has 1 atom stereocenters. The lowest BCUT2D eigenvalue weighted by molar-refractivity contribution is -0.141. The van der Waals surface area contributed by atoms with Gasteiger partial charge < -0.3 is 5.32 Å². The molecule has 2 rings (SSSR count). The van der Waals surface area contributed by atoms with Gasteiger partial charge in [0.1, 0.15) is 0 Å². The number of rotatable bonds is 4. The Morgan fingerprint density at radius 3 is 2.57 bits per heavy atom. The van der Waals surface area contributed by atoms with E-state index < -0.39 is 11.9 Å². The Bertz CT molecular complexity index is 601. The molecule has 112 valence electrons. The number of nitrogens with one attached hydrogen (secondary N) is 1. The number of nitrogens with zero attached hydrogens (tertiary/aromatic N) is 3. The van der Waals surface area contributed by atoms with Crippen molar-refractivity contribution in [3.63, 3.8) is 0 Å². The maximum Gasteiger partial charge on any atom is 0.435 e. The van der Waals surface area contributed by atoms with Gasteiger partial charge in [0.25, 0.3) is 0 Å². The van der Waals surface area contributed by atoms with Crippen molar-refractivity contribution in [1.29, 1.82) is 0 Å². The van der Waals surface area contributed by atoms with Crippen LogP contribution < -0.4 is 5.32 Å². The number of hydrogen-bond donors (Lipinski definition) is 1. The van der Waals surface area contributed by atoms with Crippen molar-refractivity contribution in [2.75, 3.05) is 0 Å². The molecule has 0 saturated heterocycles. The zero-order valence-electron chi connectivity index (χ0n) is 11.0. The summed E-state index contributed by atoms with van der Waals surface area (Å²) in [6.45, 7) is 2.12. The molecule has 0 fully saturated rings. The summed E-state index contributed by atoms with van der Waals surface area (Å²) >= 11 is 6.02. The number of halogens is 4. The topological polar surface area (TPSA) is 50.7 Å². The summed E-state index contributed by atoms with van der Waals surface area (Å²) < 4.78 is 37.1. The molecule has 0 aliphatic heterocycles. The molecule has 0 amide bonds. The molecule has 1 N–H and O–H groups in total. The lowest BCUT2D eigenvalue weighted by Gasteiger charge is -2.14. The minimum absolute atomic E-state index is 0.164. The quantitative estimate of drug-likeness (QED) is 0.939. The van der Waals surface area contributed by atoms with E-state index in [0.717, 1.165) is 6.07 Å². The molecule has 0 aliphatic rings. The molecule has 0 aliphatic carbocycles. The number of alkyl halides is 3. The molecule has 0 saturated carbocycles. The average Bonchev–Trinajstić information content (AvgIpc) is 2.45. The van der Waals surface area contributed by atoms with Gasteiger partial charge in [-0.05, 0) is 31.2 Å². The SMILES string of the molecule is CC(NCc1ccc(C(F)(F)F)nn1)c1ncccc1Cl. The van der Waals surface area contributed by atoms with Crippen LogP contribution in [0, 0.1) is 0 Å². The van der Waals surface area contributed by atoms with Crippen molar-refractivity contribution in [3.05, 3.63) is 52.6 Å². The molecular weight excluding hydrogens is 305 g/mol. The van der Waals surface area contributed by atoms with E-state index >= 15 is 0 Å². The second-order valence-corrected chi connectivity index (χ2v) is 4.79. The van der Waals surface area contributed by atoms with Crippen LogP contribution >= 0.6 is 11.6 Å². The predicted octanol–water partition coefficient (Wildman–Crippen LogP) is 3.39. The predicted molar refractivity (Wildman–Crippen MR) is 71.5 cm³/mol. The third kappa shape index (κ3) is 4.12. The van der Waals surface area contributed by atoms with Crippen molar-refractivity contribution in [1.82, 2.24) is 20.5 Å². The van der Waals surface area contributed by atoms with E-state index in [1.807, 2.05) is 6.92 Å². The zero-order valence-corrected chi connectivity index (χ0v) is 11.8. The van der Waals surface area contributed by atoms with Gasteiger partial charge in [-0.15, -0.1) is 5.10 Å². The number of pyridine rings is 1. The summed E-state index contributed by atoms with van der Waals surface area (Å²) in [4.78, 5) is 4.16. The molecule has 0 aromatic carbocycles. The van der Waals surface area contributed by atoms with Crippen molar-refractivity contribution in [3.8, 4) is 0 Å². The van der Waals surface area contributed by atoms with Crippen LogP contribution in [0.25, 0.3) is 0 Å². The first kappa shape index (κ1) is 15.7. The molecule has 2 aromatic heterocycles. The molecule has 21 heavy (non-hydrogen) atoms. The van der Waals surface area contributed by atoms with E-state index in [2.05, 4.69) is 20.5 Å². The van der Waals surface area contributed by atoms with Crippen LogP contribution in [0.5, 0.6) is 0 Å². The Morgan fingerprint density at radius 1 is 1.24 bits per heavy atom. The Hall–Kier alpha value is -1.73. The van der Waals surface area contributed by atoms with E-state index in [4.69, 9.17) is 11.6 Å². The molecule has 4 nitrogen and oxygen atoms in total. The summed E-state index contributed by atoms with van der Waals surface area (Å²) in [5.74, 6) is 0. The van der Waals surface area contributed by atoms with Crippen LogP contribution in [0.2, 0.25) is 5.02 Å². The van der Waals surface area contributed by atoms with Gasteiger partial charge in [0.15, 0.2) is 5.69 Å². The van der Waals surface area contributed by atoms with Gasteiger partial charge in [-0.3, -0.25) is 4.98 Å². The van der Waals surface area contributed by atoms with Gasteiger partial charge in [0, 0.05) is 18.8 Å². The van der Waals surface area contributed by atoms with Crippen LogP contribution in [0.3, 0.4) is 0 Å². The lowest BCUT2D eigenvalue weighted by atomic mass is 10.2. The Kier molecular flexibility index (Phi) is 4.74. The van der Waals surface area contributed by atoms with E-state index in [1.54, 1.807) is 18.3 Å². The Balaban J connectivity index is 1.99. The fourth-order valence-corrected chi connectivity index (χ4v) is 1.96. The minimum Gasteiger partial charge on any atom is -0.303 e. The van der Waals surface area contributed by atoms with Crippen molar-refractivity contribution in [2.45, 2.75) is 25.7 Å².